The van der Waals surface area contributed by atoms with Gasteiger partial charge in [-0.05, 0) is 55.0 Å². The van der Waals surface area contributed by atoms with E-state index in [0.717, 1.165) is 38.8 Å². The number of aliphatic hydroxyl groups is 1. The molecule has 0 unspecified atom stereocenters. The van der Waals surface area contributed by atoms with Gasteiger partial charge in [-0.1, -0.05) is 84.6 Å². The number of ether oxygens (including phenoxy) is 1. The zero-order valence-corrected chi connectivity index (χ0v) is 18.2. The molecule has 0 fully saturated rings. The summed E-state index contributed by atoms with van der Waals surface area (Å²) >= 11 is 0. The molecule has 2 nitrogen and oxygen atoms in total. The van der Waals surface area contributed by atoms with Crippen molar-refractivity contribution in [2.24, 2.45) is 0 Å². The van der Waals surface area contributed by atoms with E-state index in [4.69, 9.17) is 4.74 Å². The van der Waals surface area contributed by atoms with Gasteiger partial charge in [0, 0.05) is 22.3 Å². The minimum Gasteiger partial charge on any atom is -0.473 e. The van der Waals surface area contributed by atoms with Gasteiger partial charge in [-0.25, -0.2) is 0 Å². The van der Waals surface area contributed by atoms with Gasteiger partial charge in [-0.2, -0.15) is 0 Å². The second-order valence-electron chi connectivity index (χ2n) is 8.63. The standard InChI is InChI=1S/C30H24O2/c1-29(2,31)19-17-22-13-15-26-23(21-22)14-16-28-27(26)18-20-30(32-28,24-9-5-3-6-10-24)25-11-7-4-8-12-25/h3-16,18,20-21,31H,1-2H3. The molecule has 2 heteroatoms. The highest BCUT2D eigenvalue weighted by atomic mass is 16.5. The quantitative estimate of drug-likeness (QED) is 0.388. The van der Waals surface area contributed by atoms with Crippen LogP contribution in [-0.4, -0.2) is 10.7 Å². The topological polar surface area (TPSA) is 29.5 Å². The van der Waals surface area contributed by atoms with E-state index >= 15 is 0 Å². The summed E-state index contributed by atoms with van der Waals surface area (Å²) in [6.07, 6.45) is 4.32. The number of hydrogen-bond donors (Lipinski definition) is 1. The van der Waals surface area contributed by atoms with Crippen molar-refractivity contribution in [3.63, 3.8) is 0 Å². The molecule has 0 bridgehead atoms. The molecule has 4 aromatic rings. The van der Waals surface area contributed by atoms with Gasteiger partial charge in [0.1, 0.15) is 11.4 Å². The van der Waals surface area contributed by atoms with Crippen LogP contribution in [0.5, 0.6) is 5.75 Å². The maximum atomic E-state index is 9.89. The van der Waals surface area contributed by atoms with Crippen molar-refractivity contribution in [1.82, 2.24) is 0 Å². The minimum atomic E-state index is -1.01. The van der Waals surface area contributed by atoms with Gasteiger partial charge in [0.15, 0.2) is 5.60 Å². The zero-order valence-electron chi connectivity index (χ0n) is 18.2. The number of hydrogen-bond acceptors (Lipinski definition) is 2. The summed E-state index contributed by atoms with van der Waals surface area (Å²) in [5, 5.41) is 12.1. The van der Waals surface area contributed by atoms with E-state index in [1.807, 2.05) is 48.5 Å². The Hall–Kier alpha value is -3.80. The normalized spacial score (nSPS) is 14.2. The van der Waals surface area contributed by atoms with Crippen molar-refractivity contribution in [1.29, 1.82) is 0 Å². The Bertz CT molecular complexity index is 1330. The molecule has 0 saturated heterocycles. The Morgan fingerprint density at radius 3 is 2.09 bits per heavy atom. The van der Waals surface area contributed by atoms with Crippen LogP contribution in [0, 0.1) is 11.8 Å². The van der Waals surface area contributed by atoms with Gasteiger partial charge >= 0.3 is 0 Å². The zero-order chi connectivity index (χ0) is 22.2. The van der Waals surface area contributed by atoms with E-state index < -0.39 is 11.2 Å². The van der Waals surface area contributed by atoms with Crippen molar-refractivity contribution in [3.05, 3.63) is 119 Å². The molecule has 1 aliphatic heterocycles. The Morgan fingerprint density at radius 1 is 0.812 bits per heavy atom. The summed E-state index contributed by atoms with van der Waals surface area (Å²) in [7, 11) is 0. The summed E-state index contributed by atoms with van der Waals surface area (Å²) in [6, 6.07) is 30.9. The average molecular weight is 417 g/mol. The van der Waals surface area contributed by atoms with Crippen LogP contribution in [0.25, 0.3) is 16.8 Å². The summed E-state index contributed by atoms with van der Waals surface area (Å²) in [6.45, 7) is 3.37. The second kappa shape index (κ2) is 7.71. The number of benzene rings is 4. The van der Waals surface area contributed by atoms with E-state index in [9.17, 15) is 5.11 Å². The predicted molar refractivity (Wildman–Crippen MR) is 130 cm³/mol. The van der Waals surface area contributed by atoms with E-state index in [2.05, 4.69) is 66.5 Å². The van der Waals surface area contributed by atoms with Gasteiger partial charge < -0.3 is 9.84 Å². The first-order valence-electron chi connectivity index (χ1n) is 10.8. The molecule has 1 heterocycles. The van der Waals surface area contributed by atoms with Crippen LogP contribution in [0.1, 0.15) is 36.1 Å². The van der Waals surface area contributed by atoms with Crippen LogP contribution in [0.4, 0.5) is 0 Å². The highest BCUT2D eigenvalue weighted by Gasteiger charge is 2.37. The van der Waals surface area contributed by atoms with E-state index in [1.54, 1.807) is 13.8 Å². The van der Waals surface area contributed by atoms with Crippen LogP contribution in [-0.2, 0) is 5.60 Å². The van der Waals surface area contributed by atoms with E-state index in [1.165, 1.54) is 0 Å². The third kappa shape index (κ3) is 3.68. The Kier molecular flexibility index (Phi) is 4.85. The van der Waals surface area contributed by atoms with Crippen LogP contribution in [0.2, 0.25) is 0 Å². The molecule has 0 aliphatic carbocycles. The Labute approximate surface area is 188 Å². The third-order valence-corrected chi connectivity index (χ3v) is 5.70. The van der Waals surface area contributed by atoms with Crippen molar-refractivity contribution < 1.29 is 9.84 Å². The highest BCUT2D eigenvalue weighted by Crippen LogP contribution is 2.44. The van der Waals surface area contributed by atoms with Crippen molar-refractivity contribution in [2.45, 2.75) is 25.0 Å². The molecule has 0 saturated carbocycles. The second-order valence-corrected chi connectivity index (χ2v) is 8.63. The Morgan fingerprint density at radius 2 is 1.47 bits per heavy atom. The average Bonchev–Trinajstić information content (AvgIpc) is 2.82. The number of fused-ring (bicyclic) bond motifs is 3. The van der Waals surface area contributed by atoms with Gasteiger partial charge in [-0.3, -0.25) is 0 Å². The summed E-state index contributed by atoms with van der Waals surface area (Å²) in [5.41, 5.74) is 2.42. The summed E-state index contributed by atoms with van der Waals surface area (Å²) < 4.78 is 6.77. The smallest absolute Gasteiger partial charge is 0.178 e. The lowest BCUT2D eigenvalue weighted by Gasteiger charge is -2.36. The molecule has 1 aliphatic rings. The lowest BCUT2D eigenvalue weighted by Crippen LogP contribution is -2.34. The van der Waals surface area contributed by atoms with Crippen LogP contribution in [0.3, 0.4) is 0 Å². The van der Waals surface area contributed by atoms with Crippen LogP contribution < -0.4 is 4.74 Å². The summed E-state index contributed by atoms with van der Waals surface area (Å²) in [5.74, 6) is 6.79. The highest BCUT2D eigenvalue weighted by molar-refractivity contribution is 5.94. The summed E-state index contributed by atoms with van der Waals surface area (Å²) in [4.78, 5) is 0. The molecule has 0 spiro atoms. The lowest BCUT2D eigenvalue weighted by molar-refractivity contribution is 0.143. The molecule has 1 N–H and O–H groups in total. The van der Waals surface area contributed by atoms with Gasteiger partial charge in [0.2, 0.25) is 0 Å². The van der Waals surface area contributed by atoms with E-state index in [0.29, 0.717) is 0 Å². The fraction of sp³-hybridized carbons (Fsp3) is 0.133. The SMILES string of the molecule is CC(C)(O)C#Cc1ccc2c3c(ccc2c1)OC(c1ccccc1)(c1ccccc1)C=C3. The monoisotopic (exact) mass is 416 g/mol. The molecule has 32 heavy (non-hydrogen) atoms. The molecule has 5 rings (SSSR count). The first-order chi connectivity index (χ1) is 15.4. The minimum absolute atomic E-state index is 0.679. The first kappa shape index (κ1) is 20.1. The largest absolute Gasteiger partial charge is 0.473 e. The van der Waals surface area contributed by atoms with Gasteiger partial charge in [0.25, 0.3) is 0 Å². The Balaban J connectivity index is 1.62. The van der Waals surface area contributed by atoms with E-state index in [-0.39, 0.29) is 0 Å². The van der Waals surface area contributed by atoms with Crippen molar-refractivity contribution in [2.75, 3.05) is 0 Å². The van der Waals surface area contributed by atoms with Crippen LogP contribution >= 0.6 is 0 Å². The molecule has 0 aromatic heterocycles. The molecule has 0 radical (unpaired) electrons. The fourth-order valence-electron chi connectivity index (χ4n) is 4.15. The van der Waals surface area contributed by atoms with Gasteiger partial charge in [0.05, 0.1) is 0 Å². The molecular weight excluding hydrogens is 392 g/mol. The maximum absolute atomic E-state index is 9.89. The molecular formula is C30H24O2. The third-order valence-electron chi connectivity index (χ3n) is 5.70. The lowest BCUT2D eigenvalue weighted by atomic mass is 9.83. The number of rotatable bonds is 2. The molecule has 4 aromatic carbocycles. The molecule has 0 amide bonds. The predicted octanol–water partition coefficient (Wildman–Crippen LogP) is 6.31. The van der Waals surface area contributed by atoms with Crippen LogP contribution in [0.15, 0.2) is 97.1 Å². The van der Waals surface area contributed by atoms with Gasteiger partial charge in [-0.15, -0.1) is 0 Å². The maximum Gasteiger partial charge on any atom is 0.178 e. The molecule has 156 valence electrons. The fourth-order valence-corrected chi connectivity index (χ4v) is 4.15. The van der Waals surface area contributed by atoms with Crippen molar-refractivity contribution in [3.8, 4) is 17.6 Å². The molecule has 0 atom stereocenters. The van der Waals surface area contributed by atoms with Crippen molar-refractivity contribution >= 4 is 16.8 Å². The first-order valence-corrected chi connectivity index (χ1v) is 10.8.